The molecule has 11 N–H and O–H groups in total. The first-order valence-electron chi connectivity index (χ1n) is 19.6. The van der Waals surface area contributed by atoms with Crippen molar-refractivity contribution >= 4 is 103 Å². The van der Waals surface area contributed by atoms with E-state index in [2.05, 4.69) is 39.4 Å². The average Bonchev–Trinajstić information content (AvgIpc) is 3.92. The number of phosphoric acid groups is 3. The van der Waals surface area contributed by atoms with Crippen molar-refractivity contribution < 1.29 is 80.5 Å². The predicted molar refractivity (Wildman–Crippen MR) is 236 cm³/mol. The van der Waals surface area contributed by atoms with E-state index in [1.165, 1.54) is 13.8 Å². The van der Waals surface area contributed by atoms with E-state index in [0.29, 0.717) is 5.02 Å². The second kappa shape index (κ2) is 20.8. The number of anilines is 1. The number of amides is 2. The van der Waals surface area contributed by atoms with Gasteiger partial charge in [-0.05, 0) is 29.8 Å². The first kappa shape index (κ1) is 51.5. The number of aliphatic hydroxyl groups excluding tert-OH is 2. The number of nitrogens with one attached hydrogen (secondary N) is 3. The van der Waals surface area contributed by atoms with Crippen LogP contribution in [0.4, 0.5) is 5.82 Å². The molecular formula is C36H46ClN8O17P3S. The fourth-order valence-electron chi connectivity index (χ4n) is 6.71. The lowest BCUT2D eigenvalue weighted by Crippen LogP contribution is -2.46. The second-order valence-electron chi connectivity index (χ2n) is 15.6. The molecule has 1 fully saturated rings. The number of fused-ring (bicyclic) bond motifs is 4. The predicted octanol–water partition coefficient (Wildman–Crippen LogP) is 2.76. The largest absolute Gasteiger partial charge is 0.481 e. The van der Waals surface area contributed by atoms with Crippen molar-refractivity contribution in [3.05, 3.63) is 59.6 Å². The van der Waals surface area contributed by atoms with Crippen LogP contribution in [0.5, 0.6) is 0 Å². The van der Waals surface area contributed by atoms with Crippen LogP contribution >= 0.6 is 46.8 Å². The first-order valence-corrected chi connectivity index (χ1v) is 25.5. The molecule has 3 aromatic heterocycles. The smallest absolute Gasteiger partial charge is 0.386 e. The third-order valence-electron chi connectivity index (χ3n) is 10.2. The third kappa shape index (κ3) is 12.8. The number of nitrogen functional groups attached to an aromatic ring is 1. The van der Waals surface area contributed by atoms with Crippen LogP contribution in [0.15, 0.2) is 49.1 Å². The zero-order valence-electron chi connectivity index (χ0n) is 35.0. The van der Waals surface area contributed by atoms with Crippen LogP contribution in [-0.2, 0) is 50.7 Å². The van der Waals surface area contributed by atoms with Gasteiger partial charge in [0.1, 0.15) is 36.3 Å². The summed E-state index contributed by atoms with van der Waals surface area (Å²) in [6, 6.07) is 11.3. The molecule has 0 radical (unpaired) electrons. The molecule has 25 nitrogen and oxygen atoms in total. The Morgan fingerprint density at radius 1 is 1.00 bits per heavy atom. The molecule has 0 saturated carbocycles. The maximum atomic E-state index is 12.9. The number of aromatic amines is 1. The number of phosphoric ester groups is 3. The van der Waals surface area contributed by atoms with Crippen molar-refractivity contribution in [1.29, 1.82) is 0 Å². The van der Waals surface area contributed by atoms with Gasteiger partial charge in [-0.3, -0.25) is 32.5 Å². The molecule has 0 aliphatic carbocycles. The molecule has 5 aromatic rings. The summed E-state index contributed by atoms with van der Waals surface area (Å²) < 4.78 is 62.5. The maximum Gasteiger partial charge on any atom is 0.481 e. The lowest BCUT2D eigenvalue weighted by Gasteiger charge is -2.30. The molecule has 6 rings (SSSR count). The quantitative estimate of drug-likeness (QED) is 0.0373. The Hall–Kier alpha value is -3.91. The normalized spacial score (nSPS) is 20.8. The van der Waals surface area contributed by atoms with Crippen LogP contribution in [0.2, 0.25) is 5.02 Å². The number of benzene rings is 2. The molecule has 66 heavy (non-hydrogen) atoms. The number of halogens is 1. The molecule has 30 heteroatoms. The lowest BCUT2D eigenvalue weighted by atomic mass is 9.87. The molecule has 1 aliphatic rings. The van der Waals surface area contributed by atoms with Crippen molar-refractivity contribution in [1.82, 2.24) is 35.1 Å². The van der Waals surface area contributed by atoms with E-state index in [1.807, 2.05) is 30.3 Å². The van der Waals surface area contributed by atoms with Gasteiger partial charge < -0.3 is 55.9 Å². The highest BCUT2D eigenvalue weighted by molar-refractivity contribution is 8.13. The minimum absolute atomic E-state index is 0.0260. The molecule has 0 bridgehead atoms. The molecule has 2 aromatic carbocycles. The number of nitrogens with zero attached hydrogens (tertiary/aromatic N) is 4. The van der Waals surface area contributed by atoms with E-state index < -0.39 is 90.5 Å². The average molecular weight is 1020 g/mol. The topological polar surface area (TPSA) is 379 Å². The minimum atomic E-state index is -5.59. The summed E-state index contributed by atoms with van der Waals surface area (Å²) in [7, 11) is -16.5. The highest BCUT2D eigenvalue weighted by Gasteiger charge is 2.50. The summed E-state index contributed by atoms with van der Waals surface area (Å²) >= 11 is 7.21. The monoisotopic (exact) mass is 1020 g/mol. The lowest BCUT2D eigenvalue weighted by molar-refractivity contribution is -0.137. The van der Waals surface area contributed by atoms with Gasteiger partial charge in [-0.2, -0.15) is 4.31 Å². The zero-order chi connectivity index (χ0) is 48.4. The van der Waals surface area contributed by atoms with E-state index in [1.54, 1.807) is 13.0 Å². The van der Waals surface area contributed by atoms with Gasteiger partial charge in [0.15, 0.2) is 22.8 Å². The Morgan fingerprint density at radius 2 is 1.73 bits per heavy atom. The van der Waals surface area contributed by atoms with E-state index >= 15 is 0 Å². The maximum absolute atomic E-state index is 12.9. The van der Waals surface area contributed by atoms with Crippen molar-refractivity contribution in [3.8, 4) is 0 Å². The van der Waals surface area contributed by atoms with Crippen LogP contribution in [-0.4, -0.2) is 128 Å². The first-order chi connectivity index (χ1) is 30.8. The molecule has 8 unspecified atom stereocenters. The molecule has 1 saturated heterocycles. The number of imidazole rings is 1. The summed E-state index contributed by atoms with van der Waals surface area (Å²) in [5.41, 5.74) is 6.86. The number of thioether (sulfide) groups is 1. The Labute approximate surface area is 383 Å². The molecule has 0 spiro atoms. The number of ether oxygens (including phenoxy) is 1. The van der Waals surface area contributed by atoms with Gasteiger partial charge in [0.25, 0.3) is 0 Å². The molecule has 1 aliphatic heterocycles. The van der Waals surface area contributed by atoms with E-state index in [9.17, 15) is 57.9 Å². The molecule has 4 heterocycles. The van der Waals surface area contributed by atoms with Gasteiger partial charge in [0, 0.05) is 57.5 Å². The van der Waals surface area contributed by atoms with Crippen LogP contribution in [0, 0.1) is 5.41 Å². The van der Waals surface area contributed by atoms with Crippen molar-refractivity contribution in [2.45, 2.75) is 63.8 Å². The van der Waals surface area contributed by atoms with E-state index in [-0.39, 0.29) is 47.4 Å². The van der Waals surface area contributed by atoms with Gasteiger partial charge in [-0.25, -0.2) is 28.6 Å². The number of aliphatic hydroxyl groups is 2. The molecule has 360 valence electrons. The summed E-state index contributed by atoms with van der Waals surface area (Å²) in [6.07, 6.45) is -7.01. The number of carbonyl (C=O) groups excluding carboxylic acids is 3. The van der Waals surface area contributed by atoms with Crippen molar-refractivity contribution in [2.75, 3.05) is 37.8 Å². The van der Waals surface area contributed by atoms with Gasteiger partial charge in [0.05, 0.1) is 25.5 Å². The molecule has 2 amide bonds. The number of hydrogen-bond donors (Lipinski definition) is 10. The van der Waals surface area contributed by atoms with Crippen LogP contribution in [0.1, 0.15) is 44.9 Å². The number of rotatable bonds is 21. The number of aromatic nitrogens is 5. The zero-order valence-corrected chi connectivity index (χ0v) is 39.2. The number of hydrogen-bond acceptors (Lipinski definition) is 18. The Bertz CT molecular complexity index is 2760. The van der Waals surface area contributed by atoms with Gasteiger partial charge >= 0.3 is 23.5 Å². The van der Waals surface area contributed by atoms with Gasteiger partial charge in [-0.15, -0.1) is 0 Å². The molecular weight excluding hydrogens is 977 g/mol. The Balaban J connectivity index is 0.907. The summed E-state index contributed by atoms with van der Waals surface area (Å²) in [4.78, 5) is 92.6. The second-order valence-corrected chi connectivity index (χ2v) is 21.3. The van der Waals surface area contributed by atoms with Crippen LogP contribution in [0.25, 0.3) is 33.0 Å². The highest BCUT2D eigenvalue weighted by atomic mass is 35.5. The number of H-pyrrole nitrogens is 1. The van der Waals surface area contributed by atoms with Crippen molar-refractivity contribution in [2.24, 2.45) is 5.41 Å². The Kier molecular flexibility index (Phi) is 16.2. The van der Waals surface area contributed by atoms with Crippen molar-refractivity contribution in [3.63, 3.8) is 0 Å². The van der Waals surface area contributed by atoms with Gasteiger partial charge in [0.2, 0.25) is 11.8 Å². The Morgan fingerprint density at radius 3 is 2.45 bits per heavy atom. The summed E-state index contributed by atoms with van der Waals surface area (Å²) in [5, 5.41) is 29.1. The number of carbonyl (C=O) groups is 3. The molecule has 8 atom stereocenters. The van der Waals surface area contributed by atoms with E-state index in [0.717, 1.165) is 56.4 Å². The van der Waals surface area contributed by atoms with Crippen LogP contribution < -0.4 is 16.4 Å². The number of nitrogens with two attached hydrogens (primary N) is 1. The summed E-state index contributed by atoms with van der Waals surface area (Å²) in [6.45, 7) is 2.19. The van der Waals surface area contributed by atoms with Crippen LogP contribution in [0.3, 0.4) is 0 Å². The van der Waals surface area contributed by atoms with Gasteiger partial charge in [-0.1, -0.05) is 56.3 Å². The SMILES string of the molecule is CC(C(=O)SCCNC(=O)CCNC(=O)C(O)C(C)(C)COP(=O)(O)OP(=O)(O)OCC1OC(n2cnc3c(N)ncnc32)C(O)C1OP(=O)(O)O)c1ccc2c(c1)[nH]c1ccc(Cl)cc12. The minimum Gasteiger partial charge on any atom is -0.386 e. The summed E-state index contributed by atoms with van der Waals surface area (Å²) in [5.74, 6) is -1.64. The fraction of sp³-hybridized carbons (Fsp3) is 0.444. The standard InChI is InChI=1S/C36H46ClN8O17P3S/c1-18(19-4-6-21-22-13-20(37)5-7-23(22)44-24(21)12-19)35(50)66-11-10-39-26(46)8-9-40-33(49)30(48)36(2,3)15-59-65(56,57)62-64(54,55)58-14-25-29(61-63(51,52)53)28(47)34(60-25)45-17-43-27-31(38)41-16-42-32(27)45/h4-7,12-13,16-18,25,28-30,34,44,47-48H,8-11,14-15H2,1-3H3,(H,39,46)(H,40,49)(H,54,55)(H,56,57)(H2,38,41,42)(H2,51,52,53). The highest BCUT2D eigenvalue weighted by Crippen LogP contribution is 2.61. The third-order valence-corrected chi connectivity index (χ3v) is 14.6. The van der Waals surface area contributed by atoms with E-state index in [4.69, 9.17) is 31.1 Å². The fourth-order valence-corrected chi connectivity index (χ4v) is 10.5.